The highest BCUT2D eigenvalue weighted by molar-refractivity contribution is 7.86. The minimum absolute atomic E-state index is 0.0691. The second-order valence-corrected chi connectivity index (χ2v) is 4.92. The molecule has 6 heteroatoms. The van der Waals surface area contributed by atoms with Crippen molar-refractivity contribution in [1.82, 2.24) is 8.61 Å². The summed E-state index contributed by atoms with van der Waals surface area (Å²) >= 11 is 0. The smallest absolute Gasteiger partial charge is 0.282 e. The molecule has 0 amide bonds. The van der Waals surface area contributed by atoms with E-state index in [0.717, 1.165) is 4.31 Å². The molecule has 0 spiro atoms. The van der Waals surface area contributed by atoms with Gasteiger partial charge in [-0.2, -0.15) is 17.0 Å². The van der Waals surface area contributed by atoms with Crippen LogP contribution in [0.1, 0.15) is 0 Å². The lowest BCUT2D eigenvalue weighted by Gasteiger charge is -2.22. The maximum atomic E-state index is 11.6. The van der Waals surface area contributed by atoms with Crippen molar-refractivity contribution in [2.45, 2.75) is 0 Å². The van der Waals surface area contributed by atoms with Crippen LogP contribution in [0.15, 0.2) is 0 Å². The zero-order valence-corrected chi connectivity index (χ0v) is 9.54. The molecular formula is C8H16N2O3S. The van der Waals surface area contributed by atoms with Crippen LogP contribution in [-0.2, 0) is 14.9 Å². The third kappa shape index (κ3) is 3.64. The van der Waals surface area contributed by atoms with E-state index in [-0.39, 0.29) is 6.54 Å². The molecule has 0 aliphatic heterocycles. The summed E-state index contributed by atoms with van der Waals surface area (Å²) in [5, 5.41) is 0. The van der Waals surface area contributed by atoms with Crippen molar-refractivity contribution in [1.29, 1.82) is 0 Å². The number of hydrogen-bond donors (Lipinski definition) is 0. The molecule has 0 saturated carbocycles. The normalized spacial score (nSPS) is 12.0. The lowest BCUT2D eigenvalue weighted by Crippen LogP contribution is -2.41. The Hall–Kier alpha value is -0.610. The monoisotopic (exact) mass is 220 g/mol. The van der Waals surface area contributed by atoms with E-state index in [4.69, 9.17) is 11.2 Å². The molecule has 0 aromatic carbocycles. The van der Waals surface area contributed by atoms with Gasteiger partial charge in [-0.25, -0.2) is 0 Å². The number of likely N-dealkylation sites (N-methyl/N-ethyl adjacent to an activating group) is 1. The van der Waals surface area contributed by atoms with Crippen molar-refractivity contribution in [2.75, 3.05) is 40.9 Å². The van der Waals surface area contributed by atoms with Crippen LogP contribution in [0.25, 0.3) is 0 Å². The molecule has 14 heavy (non-hydrogen) atoms. The Kier molecular flexibility index (Phi) is 5.72. The second kappa shape index (κ2) is 5.98. The molecule has 0 rings (SSSR count). The third-order valence-electron chi connectivity index (χ3n) is 1.71. The summed E-state index contributed by atoms with van der Waals surface area (Å²) in [7, 11) is 1.02. The van der Waals surface area contributed by atoms with Gasteiger partial charge in [0.25, 0.3) is 10.2 Å². The Morgan fingerprint density at radius 1 is 1.36 bits per heavy atom. The van der Waals surface area contributed by atoms with E-state index in [9.17, 15) is 8.42 Å². The summed E-state index contributed by atoms with van der Waals surface area (Å²) < 4.78 is 30.4. The van der Waals surface area contributed by atoms with Gasteiger partial charge in [-0.05, 0) is 0 Å². The summed E-state index contributed by atoms with van der Waals surface area (Å²) in [6.45, 7) is 0.743. The van der Waals surface area contributed by atoms with Gasteiger partial charge in [0.1, 0.15) is 0 Å². The molecule has 0 bridgehead atoms. The predicted molar refractivity (Wildman–Crippen MR) is 54.9 cm³/mol. The number of hydrogen-bond acceptors (Lipinski definition) is 3. The molecule has 0 saturated heterocycles. The summed E-state index contributed by atoms with van der Waals surface area (Å²) in [5.74, 6) is 2.27. The molecule has 0 heterocycles. The fraction of sp³-hybridized carbons (Fsp3) is 0.750. The van der Waals surface area contributed by atoms with Crippen LogP contribution in [0.4, 0.5) is 0 Å². The Bertz CT molecular complexity index is 294. The maximum absolute atomic E-state index is 11.6. The Morgan fingerprint density at radius 2 is 1.93 bits per heavy atom. The summed E-state index contributed by atoms with van der Waals surface area (Å²) in [5.41, 5.74) is 0. The van der Waals surface area contributed by atoms with Gasteiger partial charge >= 0.3 is 0 Å². The molecule has 0 fully saturated rings. The molecule has 0 aromatic heterocycles. The SMILES string of the molecule is C#CCN(C)S(=O)(=O)N(C)CCOC. The van der Waals surface area contributed by atoms with E-state index in [1.165, 1.54) is 25.5 Å². The van der Waals surface area contributed by atoms with Gasteiger partial charge in [-0.15, -0.1) is 6.42 Å². The van der Waals surface area contributed by atoms with Gasteiger partial charge in [0, 0.05) is 27.7 Å². The van der Waals surface area contributed by atoms with E-state index in [1.807, 2.05) is 0 Å². The second-order valence-electron chi connectivity index (χ2n) is 2.78. The number of nitrogens with zero attached hydrogens (tertiary/aromatic N) is 2. The Labute approximate surface area is 85.8 Å². The van der Waals surface area contributed by atoms with Crippen LogP contribution in [0, 0.1) is 12.3 Å². The fourth-order valence-electron chi connectivity index (χ4n) is 0.783. The van der Waals surface area contributed by atoms with Crippen LogP contribution in [0.2, 0.25) is 0 Å². The first-order valence-electron chi connectivity index (χ1n) is 4.06. The Balaban J connectivity index is 4.38. The average Bonchev–Trinajstić information content (AvgIpc) is 2.14. The van der Waals surface area contributed by atoms with Gasteiger partial charge in [-0.3, -0.25) is 0 Å². The van der Waals surface area contributed by atoms with Crippen LogP contribution in [0.5, 0.6) is 0 Å². The van der Waals surface area contributed by atoms with Crippen molar-refractivity contribution < 1.29 is 13.2 Å². The Morgan fingerprint density at radius 3 is 2.36 bits per heavy atom. The van der Waals surface area contributed by atoms with Crippen LogP contribution < -0.4 is 0 Å². The number of ether oxygens (including phenoxy) is 1. The first-order valence-corrected chi connectivity index (χ1v) is 5.46. The summed E-state index contributed by atoms with van der Waals surface area (Å²) in [6, 6.07) is 0. The predicted octanol–water partition coefficient (Wildman–Crippen LogP) is -0.626. The first-order chi connectivity index (χ1) is 6.46. The number of methoxy groups -OCH3 is 1. The van der Waals surface area contributed by atoms with Crippen molar-refractivity contribution in [3.8, 4) is 12.3 Å². The molecule has 5 nitrogen and oxygen atoms in total. The molecule has 0 unspecified atom stereocenters. The fourth-order valence-corrected chi connectivity index (χ4v) is 1.80. The average molecular weight is 220 g/mol. The topological polar surface area (TPSA) is 49.9 Å². The standard InChI is InChI=1S/C8H16N2O3S/c1-5-6-9(2)14(11,12)10(3)7-8-13-4/h1H,6-8H2,2-4H3. The van der Waals surface area contributed by atoms with Crippen LogP contribution in [0.3, 0.4) is 0 Å². The van der Waals surface area contributed by atoms with Gasteiger partial charge in [-0.1, -0.05) is 5.92 Å². The maximum Gasteiger partial charge on any atom is 0.282 e. The summed E-state index contributed by atoms with van der Waals surface area (Å²) in [4.78, 5) is 0. The molecule has 0 aliphatic carbocycles. The molecule has 82 valence electrons. The van der Waals surface area contributed by atoms with Gasteiger partial charge in [0.2, 0.25) is 0 Å². The third-order valence-corrected chi connectivity index (χ3v) is 3.60. The van der Waals surface area contributed by atoms with E-state index < -0.39 is 10.2 Å². The van der Waals surface area contributed by atoms with Crippen molar-refractivity contribution in [2.24, 2.45) is 0 Å². The molecule has 0 atom stereocenters. The van der Waals surface area contributed by atoms with Crippen molar-refractivity contribution in [3.63, 3.8) is 0 Å². The first kappa shape index (κ1) is 13.4. The van der Waals surface area contributed by atoms with Crippen LogP contribution in [-0.4, -0.2) is 57.9 Å². The van der Waals surface area contributed by atoms with Crippen LogP contribution >= 0.6 is 0 Å². The molecule has 0 aliphatic rings. The zero-order chi connectivity index (χ0) is 11.2. The number of terminal acetylenes is 1. The van der Waals surface area contributed by atoms with E-state index in [0.29, 0.717) is 13.2 Å². The molecular weight excluding hydrogens is 204 g/mol. The van der Waals surface area contributed by atoms with Gasteiger partial charge in [0.05, 0.1) is 13.2 Å². The highest BCUT2D eigenvalue weighted by Crippen LogP contribution is 2.02. The van der Waals surface area contributed by atoms with E-state index in [1.54, 1.807) is 0 Å². The lowest BCUT2D eigenvalue weighted by molar-refractivity contribution is 0.183. The minimum Gasteiger partial charge on any atom is -0.383 e. The molecule has 0 N–H and O–H groups in total. The largest absolute Gasteiger partial charge is 0.383 e. The highest BCUT2D eigenvalue weighted by Gasteiger charge is 2.22. The zero-order valence-electron chi connectivity index (χ0n) is 8.73. The van der Waals surface area contributed by atoms with Crippen molar-refractivity contribution in [3.05, 3.63) is 0 Å². The van der Waals surface area contributed by atoms with Gasteiger partial charge < -0.3 is 4.74 Å². The lowest BCUT2D eigenvalue weighted by atomic mass is 10.7. The summed E-state index contributed by atoms with van der Waals surface area (Å²) in [6.07, 6.45) is 5.03. The number of rotatable bonds is 6. The van der Waals surface area contributed by atoms with E-state index in [2.05, 4.69) is 5.92 Å². The minimum atomic E-state index is -3.43. The van der Waals surface area contributed by atoms with E-state index >= 15 is 0 Å². The van der Waals surface area contributed by atoms with Crippen molar-refractivity contribution >= 4 is 10.2 Å². The van der Waals surface area contributed by atoms with Gasteiger partial charge in [0.15, 0.2) is 0 Å². The quantitative estimate of drug-likeness (QED) is 0.560. The highest BCUT2D eigenvalue weighted by atomic mass is 32.2. The molecule has 0 radical (unpaired) electrons. The molecule has 0 aromatic rings.